The normalized spacial score (nSPS) is 17.4. The van der Waals surface area contributed by atoms with Gasteiger partial charge in [-0.15, -0.1) is 0 Å². The highest BCUT2D eigenvalue weighted by molar-refractivity contribution is 7.87. The molecule has 35 heavy (non-hydrogen) atoms. The number of amidine groups is 1. The van der Waals surface area contributed by atoms with E-state index in [-0.39, 0.29) is 39.5 Å². The average Bonchev–Trinajstić information content (AvgIpc) is 3.19. The number of aromatic nitrogens is 1. The van der Waals surface area contributed by atoms with Crippen LogP contribution in [0.15, 0.2) is 46.7 Å². The van der Waals surface area contributed by atoms with Gasteiger partial charge < -0.3 is 9.64 Å². The van der Waals surface area contributed by atoms with Crippen LogP contribution < -0.4 is 9.86 Å². The standard InChI is InChI=1S/C14H15F2N5O4S.C6H3F3.2H2/c1-25-14(22)9-5-19-13(12-10(16)2-7(15)4-18-12)21-6-8(3-11(9)21)20-26(17,23)24;7-4-2-1-3-5(8)6(4)9;;/h2,4,8,20H,3,5-6H2,1H3,(H2,17,23,24);1-3H;2*1H/t8-;;;/m0.../s1. The number of ether oxygens (including phenoxy) is 1. The van der Waals surface area contributed by atoms with Gasteiger partial charge in [-0.3, -0.25) is 4.99 Å². The SMILES string of the molecule is COC(=O)C1=C2C[C@H](NS(N)(=O)=O)CN2C(c2ncc(F)cc2F)=NC1.Fc1cccc(F)c1F.[HH].[HH]. The fourth-order valence-corrected chi connectivity index (χ4v) is 4.07. The second-order valence-corrected chi connectivity index (χ2v) is 8.58. The van der Waals surface area contributed by atoms with E-state index in [9.17, 15) is 35.2 Å². The Bertz CT molecular complexity index is 1310. The van der Waals surface area contributed by atoms with Crippen LogP contribution in [0.1, 0.15) is 15.0 Å². The molecule has 0 saturated carbocycles. The molecule has 0 aliphatic carbocycles. The molecule has 1 saturated heterocycles. The van der Waals surface area contributed by atoms with Crippen molar-refractivity contribution in [3.8, 4) is 0 Å². The predicted octanol–water partition coefficient (Wildman–Crippen LogP) is 2.01. The number of hydrogen-bond acceptors (Lipinski definition) is 7. The maximum absolute atomic E-state index is 14.1. The summed E-state index contributed by atoms with van der Waals surface area (Å²) in [6.45, 7) is -0.0575. The quantitative estimate of drug-likeness (QED) is 0.359. The molecule has 2 aliphatic heterocycles. The average molecular weight is 523 g/mol. The molecule has 4 rings (SSSR count). The number of nitrogens with two attached hydrogens (primary N) is 1. The monoisotopic (exact) mass is 523 g/mol. The molecule has 15 heteroatoms. The van der Waals surface area contributed by atoms with Crippen molar-refractivity contribution in [2.45, 2.75) is 12.5 Å². The van der Waals surface area contributed by atoms with Gasteiger partial charge in [-0.05, 0) is 12.1 Å². The van der Waals surface area contributed by atoms with E-state index in [0.717, 1.165) is 24.4 Å². The first kappa shape index (κ1) is 26.2. The Kier molecular flexibility index (Phi) is 7.82. The maximum Gasteiger partial charge on any atom is 0.337 e. The molecule has 2 aromatic rings. The molecule has 0 bridgehead atoms. The Morgan fingerprint density at radius 1 is 1.20 bits per heavy atom. The second kappa shape index (κ2) is 10.5. The molecule has 1 fully saturated rings. The van der Waals surface area contributed by atoms with Gasteiger partial charge in [0.05, 0.1) is 25.4 Å². The smallest absolute Gasteiger partial charge is 0.337 e. The summed E-state index contributed by atoms with van der Waals surface area (Å²) in [5.74, 6) is -6.06. The number of carbonyl (C=O) groups is 1. The molecule has 9 nitrogen and oxygen atoms in total. The number of halogens is 5. The van der Waals surface area contributed by atoms with Gasteiger partial charge in [0.1, 0.15) is 11.5 Å². The molecule has 0 unspecified atom stereocenters. The highest BCUT2D eigenvalue weighted by Crippen LogP contribution is 2.31. The molecule has 1 aromatic heterocycles. The number of benzene rings is 1. The largest absolute Gasteiger partial charge is 0.466 e. The maximum atomic E-state index is 14.1. The summed E-state index contributed by atoms with van der Waals surface area (Å²) in [7, 11) is -2.78. The fraction of sp³-hybridized carbons (Fsp3) is 0.250. The van der Waals surface area contributed by atoms with Crippen LogP contribution in [0, 0.1) is 29.1 Å². The first-order valence-corrected chi connectivity index (χ1v) is 11.3. The van der Waals surface area contributed by atoms with Crippen molar-refractivity contribution < 1.29 is 42.8 Å². The van der Waals surface area contributed by atoms with Crippen LogP contribution in [0.25, 0.3) is 0 Å². The van der Waals surface area contributed by atoms with Crippen LogP contribution in [-0.4, -0.2) is 56.3 Å². The van der Waals surface area contributed by atoms with Crippen molar-refractivity contribution in [3.05, 3.63) is 76.5 Å². The van der Waals surface area contributed by atoms with Crippen LogP contribution in [-0.2, 0) is 19.7 Å². The molecular formula is C20H22F5N5O4S. The first-order valence-electron chi connectivity index (χ1n) is 9.74. The number of carbonyl (C=O) groups excluding carboxylic acids is 1. The van der Waals surface area contributed by atoms with Crippen molar-refractivity contribution >= 4 is 22.0 Å². The van der Waals surface area contributed by atoms with Gasteiger partial charge >= 0.3 is 5.97 Å². The van der Waals surface area contributed by atoms with Gasteiger partial charge in [0, 0.05) is 33.6 Å². The number of esters is 1. The Hall–Kier alpha value is -3.43. The van der Waals surface area contributed by atoms with Gasteiger partial charge in [-0.1, -0.05) is 6.07 Å². The third-order valence-electron chi connectivity index (χ3n) is 4.85. The number of nitrogens with one attached hydrogen (secondary N) is 1. The lowest BCUT2D eigenvalue weighted by Gasteiger charge is -2.27. The van der Waals surface area contributed by atoms with E-state index in [2.05, 4.69) is 14.7 Å². The molecule has 0 radical (unpaired) electrons. The van der Waals surface area contributed by atoms with Gasteiger partial charge in [0.15, 0.2) is 29.1 Å². The third kappa shape index (κ3) is 6.17. The first-order chi connectivity index (χ1) is 16.4. The van der Waals surface area contributed by atoms with Crippen molar-refractivity contribution in [1.29, 1.82) is 0 Å². The van der Waals surface area contributed by atoms with Crippen LogP contribution in [0.3, 0.4) is 0 Å². The lowest BCUT2D eigenvalue weighted by molar-refractivity contribution is -0.136. The summed E-state index contributed by atoms with van der Waals surface area (Å²) in [6, 6.07) is 2.83. The van der Waals surface area contributed by atoms with E-state index < -0.39 is 51.3 Å². The van der Waals surface area contributed by atoms with Gasteiger partial charge in [-0.25, -0.2) is 36.9 Å². The molecule has 3 heterocycles. The van der Waals surface area contributed by atoms with Crippen LogP contribution >= 0.6 is 0 Å². The molecule has 3 N–H and O–H groups in total. The molecule has 1 aromatic carbocycles. The number of fused-ring (bicyclic) bond motifs is 1. The molecule has 1 atom stereocenters. The van der Waals surface area contributed by atoms with E-state index in [0.29, 0.717) is 11.8 Å². The minimum atomic E-state index is -3.98. The van der Waals surface area contributed by atoms with E-state index in [4.69, 9.17) is 9.88 Å². The van der Waals surface area contributed by atoms with Crippen molar-refractivity contribution in [3.63, 3.8) is 0 Å². The highest BCUT2D eigenvalue weighted by Gasteiger charge is 2.39. The van der Waals surface area contributed by atoms with E-state index in [1.54, 1.807) is 0 Å². The number of hydrogen-bond donors (Lipinski definition) is 2. The molecular weight excluding hydrogens is 501 g/mol. The summed E-state index contributed by atoms with van der Waals surface area (Å²) < 4.78 is 92.7. The summed E-state index contributed by atoms with van der Waals surface area (Å²) in [4.78, 5) is 21.3. The predicted molar refractivity (Wildman–Crippen MR) is 116 cm³/mol. The number of rotatable bonds is 4. The Balaban J connectivity index is 0.000000530. The highest BCUT2D eigenvalue weighted by atomic mass is 32.2. The zero-order valence-electron chi connectivity index (χ0n) is 17.9. The lowest BCUT2D eigenvalue weighted by Crippen LogP contribution is -2.42. The number of aliphatic imine (C=N–C) groups is 1. The van der Waals surface area contributed by atoms with Gasteiger partial charge in [0.2, 0.25) is 0 Å². The van der Waals surface area contributed by atoms with E-state index in [1.165, 1.54) is 12.0 Å². The minimum absolute atomic E-state index is 0. The van der Waals surface area contributed by atoms with Gasteiger partial charge in [0.25, 0.3) is 10.2 Å². The van der Waals surface area contributed by atoms with Crippen molar-refractivity contribution in [2.24, 2.45) is 10.1 Å². The summed E-state index contributed by atoms with van der Waals surface area (Å²) in [6.07, 6.45) is 0.971. The van der Waals surface area contributed by atoms with Crippen molar-refractivity contribution in [1.82, 2.24) is 14.6 Å². The fourth-order valence-electron chi connectivity index (χ4n) is 3.45. The zero-order valence-corrected chi connectivity index (χ0v) is 18.8. The minimum Gasteiger partial charge on any atom is -0.466 e. The number of pyridine rings is 1. The topological polar surface area (TPSA) is 127 Å². The van der Waals surface area contributed by atoms with Crippen LogP contribution in [0.5, 0.6) is 0 Å². The van der Waals surface area contributed by atoms with E-state index >= 15 is 0 Å². The molecule has 0 amide bonds. The lowest BCUT2D eigenvalue weighted by atomic mass is 10.1. The Labute approximate surface area is 199 Å². The molecule has 2 aliphatic rings. The zero-order chi connectivity index (χ0) is 25.9. The number of methoxy groups -OCH3 is 1. The third-order valence-corrected chi connectivity index (χ3v) is 5.51. The van der Waals surface area contributed by atoms with Crippen LogP contribution in [0.2, 0.25) is 0 Å². The Morgan fingerprint density at radius 3 is 2.40 bits per heavy atom. The summed E-state index contributed by atoms with van der Waals surface area (Å²) >= 11 is 0. The van der Waals surface area contributed by atoms with Crippen molar-refractivity contribution in [2.75, 3.05) is 20.2 Å². The summed E-state index contributed by atoms with van der Waals surface area (Å²) in [5, 5.41) is 5.00. The molecule has 192 valence electrons. The van der Waals surface area contributed by atoms with Crippen LogP contribution in [0.4, 0.5) is 22.0 Å². The van der Waals surface area contributed by atoms with E-state index in [1.807, 2.05) is 0 Å². The summed E-state index contributed by atoms with van der Waals surface area (Å²) in [5.41, 5.74) is 0.440. The van der Waals surface area contributed by atoms with Gasteiger partial charge in [-0.2, -0.15) is 13.1 Å². The molecule has 0 spiro atoms. The second-order valence-electron chi connectivity index (χ2n) is 7.25. The number of nitrogens with zero attached hydrogens (tertiary/aromatic N) is 3. The Morgan fingerprint density at radius 2 is 1.86 bits per heavy atom.